The summed E-state index contributed by atoms with van der Waals surface area (Å²) < 4.78 is 6.25. The zero-order valence-electron chi connectivity index (χ0n) is 17.0. The number of pyridine rings is 1. The molecule has 0 unspecified atom stereocenters. The first-order chi connectivity index (χ1) is 15.1. The zero-order valence-corrected chi connectivity index (χ0v) is 19.4. The van der Waals surface area contributed by atoms with Crippen LogP contribution in [-0.2, 0) is 6.54 Å². The van der Waals surface area contributed by atoms with Gasteiger partial charge in [0, 0.05) is 17.3 Å². The molecule has 0 N–H and O–H groups in total. The van der Waals surface area contributed by atoms with Crippen LogP contribution in [0, 0.1) is 0 Å². The molecule has 4 aromatic rings. The molecule has 0 aliphatic rings. The van der Waals surface area contributed by atoms with Gasteiger partial charge in [-0.3, -0.25) is 14.7 Å². The second-order valence-electron chi connectivity index (χ2n) is 6.61. The highest BCUT2D eigenvalue weighted by molar-refractivity contribution is 7.99. The smallest absolute Gasteiger partial charge is 0.261 e. The van der Waals surface area contributed by atoms with Crippen molar-refractivity contribution in [3.05, 3.63) is 77.1 Å². The first-order valence-electron chi connectivity index (χ1n) is 9.68. The highest BCUT2D eigenvalue weighted by atomic mass is 35.5. The van der Waals surface area contributed by atoms with Crippen molar-refractivity contribution in [2.75, 3.05) is 17.8 Å². The summed E-state index contributed by atoms with van der Waals surface area (Å²) in [6, 6.07) is 15.0. The number of fused-ring (bicyclic) bond motifs is 1. The quantitative estimate of drug-likeness (QED) is 0.297. The molecular formula is C23H20ClN3O2S2. The van der Waals surface area contributed by atoms with Gasteiger partial charge in [-0.15, -0.1) is 11.8 Å². The van der Waals surface area contributed by atoms with Gasteiger partial charge in [0.25, 0.3) is 5.91 Å². The fourth-order valence-corrected chi connectivity index (χ4v) is 5.24. The van der Waals surface area contributed by atoms with Gasteiger partial charge in [-0.1, -0.05) is 48.1 Å². The number of hydrogen-bond donors (Lipinski definition) is 0. The van der Waals surface area contributed by atoms with Gasteiger partial charge in [0.15, 0.2) is 5.13 Å². The summed E-state index contributed by atoms with van der Waals surface area (Å²) >= 11 is 9.45. The Bertz CT molecular complexity index is 1210. The summed E-state index contributed by atoms with van der Waals surface area (Å²) in [5.41, 5.74) is 2.21. The second kappa shape index (κ2) is 9.68. The van der Waals surface area contributed by atoms with E-state index in [4.69, 9.17) is 21.3 Å². The molecular weight excluding hydrogens is 450 g/mol. The summed E-state index contributed by atoms with van der Waals surface area (Å²) in [7, 11) is 1.60. The lowest BCUT2D eigenvalue weighted by atomic mass is 10.2. The van der Waals surface area contributed by atoms with Crippen LogP contribution in [0.3, 0.4) is 0 Å². The van der Waals surface area contributed by atoms with E-state index in [9.17, 15) is 4.79 Å². The average Bonchev–Trinajstić information content (AvgIpc) is 3.25. The maximum absolute atomic E-state index is 13.8. The number of benzene rings is 2. The van der Waals surface area contributed by atoms with E-state index in [1.54, 1.807) is 48.3 Å². The van der Waals surface area contributed by atoms with Crippen molar-refractivity contribution < 1.29 is 9.53 Å². The second-order valence-corrected chi connectivity index (χ2v) is 9.30. The summed E-state index contributed by atoms with van der Waals surface area (Å²) in [4.78, 5) is 25.3. The van der Waals surface area contributed by atoms with Crippen molar-refractivity contribution in [3.8, 4) is 5.75 Å². The molecule has 0 atom stereocenters. The van der Waals surface area contributed by atoms with E-state index < -0.39 is 0 Å². The number of ether oxygens (including phenoxy) is 1. The van der Waals surface area contributed by atoms with Gasteiger partial charge in [-0.05, 0) is 41.6 Å². The molecule has 5 nitrogen and oxygen atoms in total. The van der Waals surface area contributed by atoms with E-state index in [2.05, 4.69) is 11.9 Å². The zero-order chi connectivity index (χ0) is 21.8. The molecule has 0 fully saturated rings. The van der Waals surface area contributed by atoms with Crippen LogP contribution in [0.1, 0.15) is 22.8 Å². The lowest BCUT2D eigenvalue weighted by molar-refractivity contribution is 0.0982. The van der Waals surface area contributed by atoms with Crippen LogP contribution in [-0.4, -0.2) is 28.7 Å². The molecule has 2 heterocycles. The molecule has 0 saturated heterocycles. The number of carbonyl (C=O) groups is 1. The number of anilines is 1. The Labute approximate surface area is 194 Å². The standard InChI is InChI=1S/C23H20ClN3O2S2/c1-3-30-19-9-5-4-8-16(19)22(28)27(14-15-7-6-12-25-13-15)23-26-20-18(29-2)11-10-17(24)21(20)31-23/h4-13H,3,14H2,1-2H3. The summed E-state index contributed by atoms with van der Waals surface area (Å²) in [6.45, 7) is 2.42. The molecule has 0 saturated carbocycles. The highest BCUT2D eigenvalue weighted by Crippen LogP contribution is 2.39. The summed E-state index contributed by atoms with van der Waals surface area (Å²) in [5.74, 6) is 1.38. The number of carbonyl (C=O) groups excluding carboxylic acids is 1. The number of thiazole rings is 1. The molecule has 2 aromatic carbocycles. The van der Waals surface area contributed by atoms with Crippen molar-refractivity contribution in [1.29, 1.82) is 0 Å². The van der Waals surface area contributed by atoms with E-state index >= 15 is 0 Å². The third kappa shape index (κ3) is 4.54. The molecule has 0 bridgehead atoms. The SMILES string of the molecule is CCSc1ccccc1C(=O)N(Cc1cccnc1)c1nc2c(OC)ccc(Cl)c2s1. The first-order valence-corrected chi connectivity index (χ1v) is 11.9. The Kier molecular flexibility index (Phi) is 6.75. The monoisotopic (exact) mass is 469 g/mol. The summed E-state index contributed by atoms with van der Waals surface area (Å²) in [6.07, 6.45) is 3.47. The third-order valence-electron chi connectivity index (χ3n) is 4.62. The number of amides is 1. The van der Waals surface area contributed by atoms with E-state index in [1.807, 2.05) is 36.4 Å². The van der Waals surface area contributed by atoms with Crippen molar-refractivity contribution in [1.82, 2.24) is 9.97 Å². The minimum atomic E-state index is -0.116. The molecule has 0 aliphatic carbocycles. The molecule has 4 rings (SSSR count). The number of nitrogens with zero attached hydrogens (tertiary/aromatic N) is 3. The number of rotatable bonds is 7. The Balaban J connectivity index is 1.83. The Morgan fingerprint density at radius 3 is 2.77 bits per heavy atom. The lowest BCUT2D eigenvalue weighted by Gasteiger charge is -2.21. The maximum Gasteiger partial charge on any atom is 0.261 e. The fourth-order valence-electron chi connectivity index (χ4n) is 3.19. The van der Waals surface area contributed by atoms with Crippen LogP contribution < -0.4 is 9.64 Å². The Morgan fingerprint density at radius 1 is 1.19 bits per heavy atom. The van der Waals surface area contributed by atoms with Gasteiger partial charge in [-0.25, -0.2) is 4.98 Å². The van der Waals surface area contributed by atoms with Crippen molar-refractivity contribution in [2.45, 2.75) is 18.4 Å². The van der Waals surface area contributed by atoms with Gasteiger partial charge < -0.3 is 4.74 Å². The van der Waals surface area contributed by atoms with Crippen LogP contribution in [0.4, 0.5) is 5.13 Å². The van der Waals surface area contributed by atoms with E-state index in [0.717, 1.165) is 20.9 Å². The van der Waals surface area contributed by atoms with Gasteiger partial charge in [0.05, 0.1) is 28.9 Å². The van der Waals surface area contributed by atoms with Gasteiger partial charge >= 0.3 is 0 Å². The third-order valence-corrected chi connectivity index (χ3v) is 7.12. The molecule has 31 heavy (non-hydrogen) atoms. The number of hydrogen-bond acceptors (Lipinski definition) is 6. The largest absolute Gasteiger partial charge is 0.494 e. The predicted molar refractivity (Wildman–Crippen MR) is 129 cm³/mol. The molecule has 0 spiro atoms. The van der Waals surface area contributed by atoms with Crippen molar-refractivity contribution in [3.63, 3.8) is 0 Å². The maximum atomic E-state index is 13.8. The topological polar surface area (TPSA) is 55.3 Å². The van der Waals surface area contributed by atoms with Crippen LogP contribution in [0.25, 0.3) is 10.2 Å². The minimum Gasteiger partial charge on any atom is -0.494 e. The van der Waals surface area contributed by atoms with E-state index in [1.165, 1.54) is 11.3 Å². The first kappa shape index (κ1) is 21.6. The molecule has 0 aliphatic heterocycles. The minimum absolute atomic E-state index is 0.116. The molecule has 1 amide bonds. The van der Waals surface area contributed by atoms with Gasteiger partial charge in [-0.2, -0.15) is 0 Å². The fraction of sp³-hybridized carbons (Fsp3) is 0.174. The van der Waals surface area contributed by atoms with Crippen LogP contribution in [0.15, 0.2) is 65.8 Å². The average molecular weight is 470 g/mol. The van der Waals surface area contributed by atoms with Crippen LogP contribution in [0.5, 0.6) is 5.75 Å². The van der Waals surface area contributed by atoms with Gasteiger partial charge in [0.1, 0.15) is 11.3 Å². The van der Waals surface area contributed by atoms with Crippen molar-refractivity contribution in [2.24, 2.45) is 0 Å². The predicted octanol–water partition coefficient (Wildman–Crippen LogP) is 6.31. The van der Waals surface area contributed by atoms with Gasteiger partial charge in [0.2, 0.25) is 0 Å². The molecule has 2 aromatic heterocycles. The normalized spacial score (nSPS) is 10.9. The molecule has 0 radical (unpaired) electrons. The highest BCUT2D eigenvalue weighted by Gasteiger charge is 2.25. The molecule has 8 heteroatoms. The summed E-state index contributed by atoms with van der Waals surface area (Å²) in [5, 5.41) is 1.14. The Morgan fingerprint density at radius 2 is 2.03 bits per heavy atom. The van der Waals surface area contributed by atoms with Crippen LogP contribution >= 0.6 is 34.7 Å². The van der Waals surface area contributed by atoms with E-state index in [-0.39, 0.29) is 5.91 Å². The molecule has 158 valence electrons. The number of methoxy groups -OCH3 is 1. The Hall–Kier alpha value is -2.61. The number of thioether (sulfide) groups is 1. The van der Waals surface area contributed by atoms with Crippen molar-refractivity contribution >= 4 is 56.0 Å². The lowest BCUT2D eigenvalue weighted by Crippen LogP contribution is -2.30. The number of halogens is 1. The van der Waals surface area contributed by atoms with E-state index in [0.29, 0.717) is 33.5 Å². The van der Waals surface area contributed by atoms with Crippen LogP contribution in [0.2, 0.25) is 5.02 Å². The number of aromatic nitrogens is 2.